The standard InChI is InChI=1S/C51H45N/c1-33-14-7-10-19-40(33)45-30-36-17-8-9-18-37(36)31-49(45)52(48-23-12-11-20-42(48)44-29-34-24-25-38(44)28-34)39-26-27-43-47(32-39)51(2,3)46-22-13-21-41(50(43)46)35-15-5-4-6-16-35/h4-23,26-27,30-32,34,38,44H,24-25,28-29H2,1-3H3. The van der Waals surface area contributed by atoms with Gasteiger partial charge in [-0.3, -0.25) is 0 Å². The average molecular weight is 672 g/mol. The van der Waals surface area contributed by atoms with Crippen LogP contribution >= 0.6 is 0 Å². The van der Waals surface area contributed by atoms with E-state index in [0.717, 1.165) is 11.8 Å². The van der Waals surface area contributed by atoms with Gasteiger partial charge in [0.2, 0.25) is 0 Å². The SMILES string of the molecule is Cc1ccccc1-c1cc2ccccc2cc1N(c1ccc2c(c1)C(C)(C)c1cccc(-c3ccccc3)c1-2)c1ccccc1C1CC2CCC1C2. The summed E-state index contributed by atoms with van der Waals surface area (Å²) in [7, 11) is 0. The minimum atomic E-state index is -0.149. The van der Waals surface area contributed by atoms with E-state index < -0.39 is 0 Å². The highest BCUT2D eigenvalue weighted by Gasteiger charge is 2.42. The van der Waals surface area contributed by atoms with Gasteiger partial charge in [0.25, 0.3) is 0 Å². The summed E-state index contributed by atoms with van der Waals surface area (Å²) in [4.78, 5) is 2.63. The third-order valence-electron chi connectivity index (χ3n) is 12.9. The molecular formula is C51H45N. The van der Waals surface area contributed by atoms with E-state index in [2.05, 4.69) is 177 Å². The maximum atomic E-state index is 2.63. The van der Waals surface area contributed by atoms with Crippen LogP contribution < -0.4 is 4.90 Å². The summed E-state index contributed by atoms with van der Waals surface area (Å²) in [6.07, 6.45) is 5.47. The number of hydrogen-bond donors (Lipinski definition) is 0. The summed E-state index contributed by atoms with van der Waals surface area (Å²) < 4.78 is 0. The van der Waals surface area contributed by atoms with Crippen molar-refractivity contribution in [3.63, 3.8) is 0 Å². The molecule has 0 N–H and O–H groups in total. The Hall–Kier alpha value is -5.40. The van der Waals surface area contributed by atoms with Crippen molar-refractivity contribution in [2.75, 3.05) is 4.90 Å². The molecular weight excluding hydrogens is 627 g/mol. The molecule has 3 unspecified atom stereocenters. The fraction of sp³-hybridized carbons (Fsp3) is 0.216. The van der Waals surface area contributed by atoms with Gasteiger partial charge >= 0.3 is 0 Å². The van der Waals surface area contributed by atoms with E-state index in [-0.39, 0.29) is 5.41 Å². The van der Waals surface area contributed by atoms with Gasteiger partial charge in [-0.05, 0) is 135 Å². The highest BCUT2D eigenvalue weighted by Crippen LogP contribution is 2.57. The van der Waals surface area contributed by atoms with Gasteiger partial charge in [-0.15, -0.1) is 0 Å². The molecule has 10 rings (SSSR count). The predicted molar refractivity (Wildman–Crippen MR) is 220 cm³/mol. The summed E-state index contributed by atoms with van der Waals surface area (Å²) in [6, 6.07) is 57.2. The Bertz CT molecular complexity index is 2490. The van der Waals surface area contributed by atoms with Crippen LogP contribution in [-0.4, -0.2) is 0 Å². The average Bonchev–Trinajstić information content (AvgIpc) is 3.88. The Morgan fingerprint density at radius 1 is 0.538 bits per heavy atom. The van der Waals surface area contributed by atoms with E-state index >= 15 is 0 Å². The summed E-state index contributed by atoms with van der Waals surface area (Å²) in [5.74, 6) is 2.26. The van der Waals surface area contributed by atoms with Crippen LogP contribution in [-0.2, 0) is 5.41 Å². The third-order valence-corrected chi connectivity index (χ3v) is 12.9. The molecule has 52 heavy (non-hydrogen) atoms. The van der Waals surface area contributed by atoms with Gasteiger partial charge in [-0.1, -0.05) is 142 Å². The van der Waals surface area contributed by atoms with Crippen molar-refractivity contribution in [1.82, 2.24) is 0 Å². The lowest BCUT2D eigenvalue weighted by atomic mass is 9.81. The summed E-state index contributed by atoms with van der Waals surface area (Å²) in [6.45, 7) is 7.08. The molecule has 7 aromatic carbocycles. The molecule has 3 aliphatic carbocycles. The molecule has 7 aromatic rings. The van der Waals surface area contributed by atoms with Crippen molar-refractivity contribution >= 4 is 27.8 Å². The fourth-order valence-corrected chi connectivity index (χ4v) is 10.3. The topological polar surface area (TPSA) is 3.24 Å². The number of rotatable bonds is 6. The minimum absolute atomic E-state index is 0.149. The van der Waals surface area contributed by atoms with Crippen molar-refractivity contribution in [3.05, 3.63) is 174 Å². The van der Waals surface area contributed by atoms with Crippen LogP contribution in [0.1, 0.15) is 67.7 Å². The zero-order valence-corrected chi connectivity index (χ0v) is 30.4. The second kappa shape index (κ2) is 12.1. The second-order valence-electron chi connectivity index (χ2n) is 16.2. The van der Waals surface area contributed by atoms with Gasteiger partial charge in [-0.2, -0.15) is 0 Å². The molecule has 0 amide bonds. The highest BCUT2D eigenvalue weighted by atomic mass is 15.1. The predicted octanol–water partition coefficient (Wildman–Crippen LogP) is 14.2. The largest absolute Gasteiger partial charge is 0.310 e. The van der Waals surface area contributed by atoms with Crippen molar-refractivity contribution in [1.29, 1.82) is 0 Å². The Morgan fingerprint density at radius 3 is 2.06 bits per heavy atom. The normalized spacial score (nSPS) is 19.5. The molecule has 3 aliphatic rings. The maximum absolute atomic E-state index is 2.63. The van der Waals surface area contributed by atoms with Gasteiger partial charge in [-0.25, -0.2) is 0 Å². The number of aryl methyl sites for hydroxylation is 1. The molecule has 0 radical (unpaired) electrons. The number of para-hydroxylation sites is 1. The number of nitrogens with zero attached hydrogens (tertiary/aromatic N) is 1. The van der Waals surface area contributed by atoms with Crippen molar-refractivity contribution in [2.24, 2.45) is 11.8 Å². The zero-order chi connectivity index (χ0) is 35.0. The Labute approximate surface area is 308 Å². The smallest absolute Gasteiger partial charge is 0.0546 e. The van der Waals surface area contributed by atoms with E-state index in [4.69, 9.17) is 0 Å². The number of anilines is 3. The lowest BCUT2D eigenvalue weighted by Gasteiger charge is -2.34. The van der Waals surface area contributed by atoms with Crippen molar-refractivity contribution in [3.8, 4) is 33.4 Å². The molecule has 0 heterocycles. The van der Waals surface area contributed by atoms with Gasteiger partial charge in [0.1, 0.15) is 0 Å². The first-order valence-electron chi connectivity index (χ1n) is 19.3. The van der Waals surface area contributed by atoms with E-state index in [1.165, 1.54) is 109 Å². The first kappa shape index (κ1) is 31.3. The lowest BCUT2D eigenvalue weighted by molar-refractivity contribution is 0.420. The Balaban J connectivity index is 1.24. The van der Waals surface area contributed by atoms with Gasteiger partial charge in [0.15, 0.2) is 0 Å². The Morgan fingerprint density at radius 2 is 1.27 bits per heavy atom. The van der Waals surface area contributed by atoms with Crippen LogP contribution in [0.25, 0.3) is 44.2 Å². The molecule has 254 valence electrons. The van der Waals surface area contributed by atoms with E-state index in [1.54, 1.807) is 0 Å². The second-order valence-corrected chi connectivity index (χ2v) is 16.2. The number of benzene rings is 7. The van der Waals surface area contributed by atoms with Crippen LogP contribution in [0.3, 0.4) is 0 Å². The van der Waals surface area contributed by atoms with Crippen LogP contribution in [0.2, 0.25) is 0 Å². The lowest BCUT2D eigenvalue weighted by Crippen LogP contribution is -2.19. The monoisotopic (exact) mass is 671 g/mol. The molecule has 0 saturated heterocycles. The number of hydrogen-bond acceptors (Lipinski definition) is 1. The molecule has 1 nitrogen and oxygen atoms in total. The molecule has 0 spiro atoms. The maximum Gasteiger partial charge on any atom is 0.0546 e. The van der Waals surface area contributed by atoms with Crippen molar-refractivity contribution in [2.45, 2.75) is 57.8 Å². The quantitative estimate of drug-likeness (QED) is 0.170. The molecule has 2 bridgehead atoms. The summed E-state index contributed by atoms with van der Waals surface area (Å²) >= 11 is 0. The van der Waals surface area contributed by atoms with Gasteiger partial charge in [0.05, 0.1) is 5.69 Å². The van der Waals surface area contributed by atoms with Crippen LogP contribution in [0, 0.1) is 18.8 Å². The van der Waals surface area contributed by atoms with Crippen LogP contribution in [0.5, 0.6) is 0 Å². The first-order chi connectivity index (χ1) is 25.5. The van der Waals surface area contributed by atoms with E-state index in [0.29, 0.717) is 5.92 Å². The van der Waals surface area contributed by atoms with Gasteiger partial charge < -0.3 is 4.90 Å². The minimum Gasteiger partial charge on any atom is -0.310 e. The van der Waals surface area contributed by atoms with Crippen LogP contribution in [0.4, 0.5) is 17.1 Å². The molecule has 3 atom stereocenters. The molecule has 0 aromatic heterocycles. The molecule has 1 heteroatoms. The van der Waals surface area contributed by atoms with Crippen molar-refractivity contribution < 1.29 is 0 Å². The fourth-order valence-electron chi connectivity index (χ4n) is 10.3. The molecule has 2 saturated carbocycles. The Kier molecular flexibility index (Phi) is 7.29. The summed E-state index contributed by atoms with van der Waals surface area (Å²) in [5, 5.41) is 2.53. The number of fused-ring (bicyclic) bond motifs is 6. The first-order valence-corrected chi connectivity index (χ1v) is 19.3. The van der Waals surface area contributed by atoms with E-state index in [9.17, 15) is 0 Å². The molecule has 0 aliphatic heterocycles. The van der Waals surface area contributed by atoms with Gasteiger partial charge in [0, 0.05) is 22.4 Å². The van der Waals surface area contributed by atoms with E-state index in [1.807, 2.05) is 0 Å². The third kappa shape index (κ3) is 4.90. The zero-order valence-electron chi connectivity index (χ0n) is 30.4. The summed E-state index contributed by atoms with van der Waals surface area (Å²) in [5.41, 5.74) is 17.1. The van der Waals surface area contributed by atoms with Crippen LogP contribution in [0.15, 0.2) is 152 Å². The molecule has 2 fully saturated rings. The highest BCUT2D eigenvalue weighted by molar-refractivity contribution is 6.00.